The minimum absolute atomic E-state index is 0.479. The van der Waals surface area contributed by atoms with Gasteiger partial charge >= 0.3 is 0 Å². The van der Waals surface area contributed by atoms with Gasteiger partial charge < -0.3 is 5.32 Å². The second-order valence-electron chi connectivity index (χ2n) is 5.53. The van der Waals surface area contributed by atoms with E-state index in [2.05, 4.69) is 48.6 Å². The van der Waals surface area contributed by atoms with Gasteiger partial charge in [-0.25, -0.2) is 0 Å². The zero-order valence-electron chi connectivity index (χ0n) is 11.8. The molecule has 2 atom stereocenters. The van der Waals surface area contributed by atoms with Gasteiger partial charge in [-0.1, -0.05) is 54.9 Å². The number of hydrogen-bond acceptors (Lipinski definition) is 1. The summed E-state index contributed by atoms with van der Waals surface area (Å²) in [5.74, 6) is 0.633. The van der Waals surface area contributed by atoms with Crippen LogP contribution in [0, 0.1) is 5.92 Å². The number of fused-ring (bicyclic) bond motifs is 1. The van der Waals surface area contributed by atoms with E-state index in [1.54, 1.807) is 0 Å². The van der Waals surface area contributed by atoms with Crippen LogP contribution in [0.3, 0.4) is 0 Å². The molecule has 2 unspecified atom stereocenters. The highest BCUT2D eigenvalue weighted by Gasteiger charge is 2.31. The molecular weight excluding hydrogens is 266 g/mol. The first-order valence-electron chi connectivity index (χ1n) is 7.33. The van der Waals surface area contributed by atoms with Crippen LogP contribution >= 0.6 is 11.6 Å². The Morgan fingerprint density at radius 1 is 1.10 bits per heavy atom. The number of hydrogen-bond donors (Lipinski definition) is 1. The molecule has 1 N–H and O–H groups in total. The van der Waals surface area contributed by atoms with Gasteiger partial charge in [0, 0.05) is 11.1 Å². The lowest BCUT2D eigenvalue weighted by molar-refractivity contribution is 0.394. The molecule has 104 valence electrons. The highest BCUT2D eigenvalue weighted by atomic mass is 35.5. The molecule has 2 aromatic carbocycles. The average molecular weight is 286 g/mol. The molecule has 2 aromatic rings. The molecule has 0 fully saturated rings. The van der Waals surface area contributed by atoms with Crippen LogP contribution in [0.15, 0.2) is 48.5 Å². The zero-order valence-corrected chi connectivity index (χ0v) is 12.5. The first-order valence-corrected chi connectivity index (χ1v) is 7.71. The summed E-state index contributed by atoms with van der Waals surface area (Å²) in [6.07, 6.45) is 2.26. The maximum atomic E-state index is 5.97. The van der Waals surface area contributed by atoms with E-state index < -0.39 is 0 Å². The maximum absolute atomic E-state index is 5.97. The summed E-state index contributed by atoms with van der Waals surface area (Å²) in [4.78, 5) is 0. The van der Waals surface area contributed by atoms with Gasteiger partial charge in [-0.2, -0.15) is 0 Å². The highest BCUT2D eigenvalue weighted by molar-refractivity contribution is 6.30. The zero-order chi connectivity index (χ0) is 13.9. The van der Waals surface area contributed by atoms with Gasteiger partial charge in [0.2, 0.25) is 0 Å². The van der Waals surface area contributed by atoms with Crippen molar-refractivity contribution in [2.24, 2.45) is 5.92 Å². The van der Waals surface area contributed by atoms with Crippen LogP contribution in [0.4, 0.5) is 0 Å². The average Bonchev–Trinajstić information content (AvgIpc) is 2.80. The molecule has 1 nitrogen and oxygen atoms in total. The fraction of sp³-hybridized carbons (Fsp3) is 0.333. The molecule has 0 heterocycles. The molecule has 0 aromatic heterocycles. The summed E-state index contributed by atoms with van der Waals surface area (Å²) in [5, 5.41) is 4.47. The molecule has 0 aliphatic heterocycles. The van der Waals surface area contributed by atoms with Crippen LogP contribution in [0.25, 0.3) is 0 Å². The van der Waals surface area contributed by atoms with Crippen LogP contribution in [0.5, 0.6) is 0 Å². The summed E-state index contributed by atoms with van der Waals surface area (Å²) >= 11 is 5.97. The Morgan fingerprint density at radius 2 is 1.85 bits per heavy atom. The third kappa shape index (κ3) is 2.74. The lowest BCUT2D eigenvalue weighted by Gasteiger charge is -2.21. The fourth-order valence-corrected chi connectivity index (χ4v) is 3.41. The van der Waals surface area contributed by atoms with E-state index in [9.17, 15) is 0 Å². The SMILES string of the molecule is CCNC1c2ccccc2CC1Cc1ccc(Cl)cc1. The van der Waals surface area contributed by atoms with Gasteiger partial charge in [0.15, 0.2) is 0 Å². The van der Waals surface area contributed by atoms with E-state index in [0.29, 0.717) is 12.0 Å². The number of halogens is 1. The van der Waals surface area contributed by atoms with Gasteiger partial charge in [0.25, 0.3) is 0 Å². The molecule has 0 bridgehead atoms. The maximum Gasteiger partial charge on any atom is 0.0406 e. The molecule has 0 saturated heterocycles. The van der Waals surface area contributed by atoms with Gasteiger partial charge in [-0.05, 0) is 54.1 Å². The first kappa shape index (κ1) is 13.7. The van der Waals surface area contributed by atoms with E-state index in [4.69, 9.17) is 11.6 Å². The molecule has 3 rings (SSSR count). The Kier molecular flexibility index (Phi) is 4.09. The van der Waals surface area contributed by atoms with E-state index >= 15 is 0 Å². The topological polar surface area (TPSA) is 12.0 Å². The van der Waals surface area contributed by atoms with Crippen LogP contribution < -0.4 is 5.32 Å². The van der Waals surface area contributed by atoms with Crippen molar-refractivity contribution in [1.82, 2.24) is 5.32 Å². The van der Waals surface area contributed by atoms with Crippen LogP contribution in [0.1, 0.15) is 29.7 Å². The van der Waals surface area contributed by atoms with Crippen LogP contribution in [-0.4, -0.2) is 6.54 Å². The Balaban J connectivity index is 1.81. The Hall–Kier alpha value is -1.31. The van der Waals surface area contributed by atoms with Gasteiger partial charge in [-0.3, -0.25) is 0 Å². The minimum Gasteiger partial charge on any atom is -0.310 e. The predicted molar refractivity (Wildman–Crippen MR) is 85.2 cm³/mol. The summed E-state index contributed by atoms with van der Waals surface area (Å²) in [7, 11) is 0. The van der Waals surface area contributed by atoms with Crippen LogP contribution in [-0.2, 0) is 12.8 Å². The highest BCUT2D eigenvalue weighted by Crippen LogP contribution is 2.37. The van der Waals surface area contributed by atoms with Crippen molar-refractivity contribution in [2.45, 2.75) is 25.8 Å². The van der Waals surface area contributed by atoms with Crippen molar-refractivity contribution in [2.75, 3.05) is 6.54 Å². The lowest BCUT2D eigenvalue weighted by Crippen LogP contribution is -2.26. The minimum atomic E-state index is 0.479. The van der Waals surface area contributed by atoms with Crippen molar-refractivity contribution in [3.05, 3.63) is 70.2 Å². The molecule has 20 heavy (non-hydrogen) atoms. The molecule has 0 spiro atoms. The third-order valence-electron chi connectivity index (χ3n) is 4.18. The van der Waals surface area contributed by atoms with Crippen molar-refractivity contribution in [1.29, 1.82) is 0 Å². The number of benzene rings is 2. The summed E-state index contributed by atoms with van der Waals surface area (Å²) in [6, 6.07) is 17.6. The lowest BCUT2D eigenvalue weighted by atomic mass is 9.93. The smallest absolute Gasteiger partial charge is 0.0406 e. The third-order valence-corrected chi connectivity index (χ3v) is 4.43. The van der Waals surface area contributed by atoms with Crippen molar-refractivity contribution in [3.8, 4) is 0 Å². The van der Waals surface area contributed by atoms with Gasteiger partial charge in [0.05, 0.1) is 0 Å². The number of rotatable bonds is 4. The Morgan fingerprint density at radius 3 is 2.60 bits per heavy atom. The summed E-state index contributed by atoms with van der Waals surface area (Å²) < 4.78 is 0. The van der Waals surface area contributed by atoms with E-state index in [1.807, 2.05) is 12.1 Å². The van der Waals surface area contributed by atoms with Crippen LogP contribution in [0.2, 0.25) is 5.02 Å². The monoisotopic (exact) mass is 285 g/mol. The van der Waals surface area contributed by atoms with E-state index in [0.717, 1.165) is 24.4 Å². The largest absolute Gasteiger partial charge is 0.310 e. The molecule has 0 saturated carbocycles. The van der Waals surface area contributed by atoms with Crippen molar-refractivity contribution >= 4 is 11.6 Å². The molecule has 1 aliphatic rings. The molecule has 0 amide bonds. The second-order valence-corrected chi connectivity index (χ2v) is 5.97. The normalized spacial score (nSPS) is 20.9. The molecule has 1 aliphatic carbocycles. The van der Waals surface area contributed by atoms with Gasteiger partial charge in [-0.15, -0.1) is 0 Å². The van der Waals surface area contributed by atoms with Gasteiger partial charge in [0.1, 0.15) is 0 Å². The molecule has 0 radical (unpaired) electrons. The molecular formula is C18H20ClN. The number of nitrogens with one attached hydrogen (secondary N) is 1. The first-order chi connectivity index (χ1) is 9.78. The standard InChI is InChI=1S/C18H20ClN/c1-2-20-18-15(11-13-7-9-16(19)10-8-13)12-14-5-3-4-6-17(14)18/h3-10,15,18,20H,2,11-12H2,1H3. The second kappa shape index (κ2) is 5.99. The Bertz CT molecular complexity index is 576. The summed E-state index contributed by atoms with van der Waals surface area (Å²) in [5.41, 5.74) is 4.35. The van der Waals surface area contributed by atoms with Crippen molar-refractivity contribution < 1.29 is 0 Å². The quantitative estimate of drug-likeness (QED) is 0.878. The summed E-state index contributed by atoms with van der Waals surface area (Å²) in [6.45, 7) is 3.19. The van der Waals surface area contributed by atoms with E-state index in [1.165, 1.54) is 16.7 Å². The van der Waals surface area contributed by atoms with Crippen molar-refractivity contribution in [3.63, 3.8) is 0 Å². The molecule has 2 heteroatoms. The Labute approximate surface area is 126 Å². The fourth-order valence-electron chi connectivity index (χ4n) is 3.29. The van der Waals surface area contributed by atoms with E-state index in [-0.39, 0.29) is 0 Å². The predicted octanol–water partition coefficient (Wildman–Crippen LogP) is 4.41.